The largest absolute Gasteiger partial charge is 0.462 e. The van der Waals surface area contributed by atoms with Crippen LogP contribution in [0.15, 0.2) is 52.2 Å². The number of alkyl halides is 1. The van der Waals surface area contributed by atoms with Gasteiger partial charge in [-0.2, -0.15) is 5.09 Å². The third kappa shape index (κ3) is 6.50. The average Bonchev–Trinajstić information content (AvgIpc) is 3.01. The lowest BCUT2D eigenvalue weighted by Gasteiger charge is -2.26. The number of ether oxygens (including phenoxy) is 2. The maximum Gasteiger partial charge on any atom is 0.459 e. The van der Waals surface area contributed by atoms with Gasteiger partial charge < -0.3 is 14.0 Å². The quantitative estimate of drug-likeness (QED) is 0.353. The summed E-state index contributed by atoms with van der Waals surface area (Å²) >= 11 is 0. The smallest absolute Gasteiger partial charge is 0.459 e. The standard InChI is InChI=1S/C23H31FN3O8P/c1-14(2)33-20(29)16(4)26-36(31,35-17-9-7-6-8-10-17)32-13-18-15(3)23(5,24)21(34-18)27-12-11-19(28)25-22(27)30/h6-12,14-16,18,21H,13H2,1-5H3,(H,26,31)(H,25,28,30)/t15-,16+,18-,21-,23-,36+/m1/s1. The summed E-state index contributed by atoms with van der Waals surface area (Å²) in [5.74, 6) is -1.26. The average molecular weight is 527 g/mol. The van der Waals surface area contributed by atoms with Crippen molar-refractivity contribution in [2.24, 2.45) is 5.92 Å². The summed E-state index contributed by atoms with van der Waals surface area (Å²) in [7, 11) is -4.19. The minimum absolute atomic E-state index is 0.214. The van der Waals surface area contributed by atoms with Gasteiger partial charge in [-0.05, 0) is 39.8 Å². The number of hydrogen-bond donors (Lipinski definition) is 2. The molecule has 3 rings (SSSR count). The van der Waals surface area contributed by atoms with Crippen LogP contribution in [0.4, 0.5) is 4.39 Å². The molecular weight excluding hydrogens is 496 g/mol. The van der Waals surface area contributed by atoms with E-state index in [2.05, 4.69) is 10.1 Å². The summed E-state index contributed by atoms with van der Waals surface area (Å²) in [6, 6.07) is 8.21. The van der Waals surface area contributed by atoms with E-state index in [9.17, 15) is 18.9 Å². The molecule has 2 heterocycles. The Labute approximate surface area is 207 Å². The lowest BCUT2D eigenvalue weighted by atomic mass is 9.90. The molecule has 11 nitrogen and oxygen atoms in total. The minimum Gasteiger partial charge on any atom is -0.462 e. The molecule has 198 valence electrons. The highest BCUT2D eigenvalue weighted by molar-refractivity contribution is 7.52. The fourth-order valence-electron chi connectivity index (χ4n) is 3.64. The van der Waals surface area contributed by atoms with Gasteiger partial charge in [-0.15, -0.1) is 0 Å². The van der Waals surface area contributed by atoms with Crippen LogP contribution in [-0.2, 0) is 23.4 Å². The maximum atomic E-state index is 15.7. The Kier molecular flexibility index (Phi) is 8.55. The van der Waals surface area contributed by atoms with Gasteiger partial charge >= 0.3 is 19.4 Å². The second kappa shape index (κ2) is 11.1. The van der Waals surface area contributed by atoms with E-state index < -0.39 is 61.5 Å². The molecule has 36 heavy (non-hydrogen) atoms. The molecule has 13 heteroatoms. The van der Waals surface area contributed by atoms with E-state index in [1.165, 1.54) is 13.8 Å². The zero-order chi connectivity index (χ0) is 26.7. The van der Waals surface area contributed by atoms with Gasteiger partial charge in [0.15, 0.2) is 11.9 Å². The van der Waals surface area contributed by atoms with Gasteiger partial charge in [0, 0.05) is 18.2 Å². The van der Waals surface area contributed by atoms with E-state index in [-0.39, 0.29) is 11.9 Å². The lowest BCUT2D eigenvalue weighted by Crippen LogP contribution is -2.40. The number of H-pyrrole nitrogens is 1. The highest BCUT2D eigenvalue weighted by Gasteiger charge is 2.54. The number of esters is 1. The Balaban J connectivity index is 1.80. The normalized spacial score (nSPS) is 26.4. The number of nitrogens with one attached hydrogen (secondary N) is 2. The molecular formula is C23H31FN3O8P. The van der Waals surface area contributed by atoms with Crippen molar-refractivity contribution in [3.63, 3.8) is 0 Å². The Morgan fingerprint density at radius 3 is 2.53 bits per heavy atom. The molecule has 2 N–H and O–H groups in total. The van der Waals surface area contributed by atoms with Crippen LogP contribution >= 0.6 is 7.75 Å². The maximum absolute atomic E-state index is 15.7. The first-order valence-corrected chi connectivity index (χ1v) is 13.0. The number of aromatic nitrogens is 2. The number of aromatic amines is 1. The predicted octanol–water partition coefficient (Wildman–Crippen LogP) is 2.93. The van der Waals surface area contributed by atoms with Gasteiger partial charge in [0.25, 0.3) is 5.56 Å². The zero-order valence-corrected chi connectivity index (χ0v) is 21.6. The number of carbonyl (C=O) groups is 1. The first-order chi connectivity index (χ1) is 16.8. The van der Waals surface area contributed by atoms with Crippen molar-refractivity contribution in [1.29, 1.82) is 0 Å². The predicted molar refractivity (Wildman–Crippen MR) is 128 cm³/mol. The third-order valence-corrected chi connectivity index (χ3v) is 7.42. The van der Waals surface area contributed by atoms with Crippen molar-refractivity contribution in [1.82, 2.24) is 14.6 Å². The van der Waals surface area contributed by atoms with E-state index in [4.69, 9.17) is 18.5 Å². The monoisotopic (exact) mass is 527 g/mol. The van der Waals surface area contributed by atoms with Crippen molar-refractivity contribution in [3.8, 4) is 5.75 Å². The van der Waals surface area contributed by atoms with Gasteiger partial charge in [-0.25, -0.2) is 13.8 Å². The van der Waals surface area contributed by atoms with Crippen molar-refractivity contribution < 1.29 is 32.3 Å². The summed E-state index contributed by atoms with van der Waals surface area (Å²) in [6.45, 7) is 7.24. The second-order valence-corrected chi connectivity index (χ2v) is 10.7. The summed E-state index contributed by atoms with van der Waals surface area (Å²) < 4.78 is 52.4. The Bertz CT molecular complexity index is 1220. The van der Waals surface area contributed by atoms with Gasteiger partial charge in [-0.1, -0.05) is 25.1 Å². The van der Waals surface area contributed by atoms with E-state index in [0.717, 1.165) is 16.8 Å². The van der Waals surface area contributed by atoms with Gasteiger partial charge in [0.05, 0.1) is 18.8 Å². The van der Waals surface area contributed by atoms with Crippen LogP contribution in [0.2, 0.25) is 0 Å². The first-order valence-electron chi connectivity index (χ1n) is 11.5. The van der Waals surface area contributed by atoms with Crippen LogP contribution < -0.4 is 20.9 Å². The summed E-state index contributed by atoms with van der Waals surface area (Å²) in [5, 5.41) is 2.56. The van der Waals surface area contributed by atoms with Crippen molar-refractivity contribution in [2.45, 2.75) is 64.8 Å². The number of carbonyl (C=O) groups excluding carboxylic acids is 1. The molecule has 1 fully saturated rings. The molecule has 1 saturated heterocycles. The van der Waals surface area contributed by atoms with Crippen molar-refractivity contribution in [3.05, 3.63) is 63.4 Å². The fraction of sp³-hybridized carbons (Fsp3) is 0.522. The van der Waals surface area contributed by atoms with Crippen LogP contribution in [-0.4, -0.2) is 46.0 Å². The second-order valence-electron chi connectivity index (χ2n) is 9.02. The molecule has 1 aromatic heterocycles. The molecule has 0 saturated carbocycles. The molecule has 2 aromatic rings. The molecule has 0 bridgehead atoms. The van der Waals surface area contributed by atoms with Crippen molar-refractivity contribution >= 4 is 13.7 Å². The highest BCUT2D eigenvalue weighted by Crippen LogP contribution is 2.49. The van der Waals surface area contributed by atoms with Crippen LogP contribution in [0, 0.1) is 5.92 Å². The van der Waals surface area contributed by atoms with E-state index >= 15 is 4.39 Å². The molecule has 0 unspecified atom stereocenters. The highest BCUT2D eigenvalue weighted by atomic mass is 31.2. The number of para-hydroxylation sites is 1. The lowest BCUT2D eigenvalue weighted by molar-refractivity contribution is -0.149. The molecule has 1 aliphatic rings. The first kappa shape index (κ1) is 27.8. The van der Waals surface area contributed by atoms with Crippen LogP contribution in [0.1, 0.15) is 40.8 Å². The zero-order valence-electron chi connectivity index (χ0n) is 20.7. The number of hydrogen-bond acceptors (Lipinski definition) is 8. The molecule has 0 aliphatic carbocycles. The van der Waals surface area contributed by atoms with Crippen LogP contribution in [0.25, 0.3) is 0 Å². The number of halogens is 1. The molecule has 0 amide bonds. The molecule has 0 radical (unpaired) electrons. The SMILES string of the molecule is CC(C)OC(=O)[C@H](C)N[P@](=O)(OC[C@H]1O[C@@H](n2ccc(=O)[nH]c2=O)[C@](C)(F)[C@@H]1C)Oc1ccccc1. The molecule has 1 aliphatic heterocycles. The number of rotatable bonds is 10. The Morgan fingerprint density at radius 2 is 1.92 bits per heavy atom. The van der Waals surface area contributed by atoms with Crippen LogP contribution in [0.5, 0.6) is 5.75 Å². The summed E-state index contributed by atoms with van der Waals surface area (Å²) in [6.07, 6.45) is -1.56. The van der Waals surface area contributed by atoms with Gasteiger partial charge in [-0.3, -0.25) is 23.7 Å². The Morgan fingerprint density at radius 1 is 1.25 bits per heavy atom. The molecule has 0 spiro atoms. The van der Waals surface area contributed by atoms with E-state index in [1.54, 1.807) is 51.1 Å². The third-order valence-electron chi connectivity index (χ3n) is 5.77. The van der Waals surface area contributed by atoms with E-state index in [1.807, 2.05) is 0 Å². The number of benzene rings is 1. The summed E-state index contributed by atoms with van der Waals surface area (Å²) in [4.78, 5) is 38.0. The number of nitrogens with zero attached hydrogens (tertiary/aromatic N) is 1. The van der Waals surface area contributed by atoms with Crippen LogP contribution in [0.3, 0.4) is 0 Å². The molecule has 6 atom stereocenters. The summed E-state index contributed by atoms with van der Waals surface area (Å²) in [5.41, 5.74) is -3.50. The van der Waals surface area contributed by atoms with Crippen molar-refractivity contribution in [2.75, 3.05) is 6.61 Å². The Hall–Kier alpha value is -2.79. The van der Waals surface area contributed by atoms with E-state index in [0.29, 0.717) is 0 Å². The topological polar surface area (TPSA) is 138 Å². The molecule has 1 aromatic carbocycles. The fourth-order valence-corrected chi connectivity index (χ4v) is 5.15. The van der Waals surface area contributed by atoms with Gasteiger partial charge in [0.1, 0.15) is 11.8 Å². The van der Waals surface area contributed by atoms with Gasteiger partial charge in [0.2, 0.25) is 0 Å². The minimum atomic E-state index is -4.19.